The molecule has 4 rings (SSSR count). The fourth-order valence-corrected chi connectivity index (χ4v) is 4.53. The van der Waals surface area contributed by atoms with Crippen LogP contribution in [0.3, 0.4) is 0 Å². The second-order valence-corrected chi connectivity index (χ2v) is 9.62. The second-order valence-electron chi connectivity index (χ2n) is 7.99. The highest BCUT2D eigenvalue weighted by Gasteiger charge is 2.36. The number of hydrogen-bond acceptors (Lipinski definition) is 6. The van der Waals surface area contributed by atoms with Crippen molar-refractivity contribution in [1.29, 1.82) is 0 Å². The summed E-state index contributed by atoms with van der Waals surface area (Å²) in [5.74, 6) is -1.04. The first-order valence-electron chi connectivity index (χ1n) is 10.7. The predicted octanol–water partition coefficient (Wildman–Crippen LogP) is 4.73. The fraction of sp³-hybridized carbons (Fsp3) is 0.261. The van der Waals surface area contributed by atoms with Gasteiger partial charge >= 0.3 is 12.1 Å². The summed E-state index contributed by atoms with van der Waals surface area (Å²) >= 11 is 0. The van der Waals surface area contributed by atoms with Crippen LogP contribution >= 0.6 is 0 Å². The van der Waals surface area contributed by atoms with E-state index >= 15 is 0 Å². The molecule has 1 aromatic carbocycles. The van der Waals surface area contributed by atoms with Crippen LogP contribution in [0.4, 0.5) is 24.8 Å². The van der Waals surface area contributed by atoms with Crippen LogP contribution in [0.25, 0.3) is 11.3 Å². The number of halogens is 3. The van der Waals surface area contributed by atoms with Gasteiger partial charge in [-0.1, -0.05) is 30.3 Å². The van der Waals surface area contributed by atoms with Crippen molar-refractivity contribution >= 4 is 27.6 Å². The standard InChI is InChI=1S/C23H21F3N4O4S/c24-23(25,26)17-10-11-19(29-22(17)16-5-2-1-4-15(16)14-8-9-14)30-35(33,34)20-7-3-6-18(28-20)27-13-12-21(31)32/h1-7,10-11,14H,8-9,12-13H2,(H,27,28)(H,29,30)(H,31,32). The molecule has 184 valence electrons. The van der Waals surface area contributed by atoms with Gasteiger partial charge in [-0.15, -0.1) is 0 Å². The van der Waals surface area contributed by atoms with Crippen LogP contribution in [0, 0.1) is 0 Å². The maximum Gasteiger partial charge on any atom is 0.418 e. The number of sulfonamides is 1. The Labute approximate surface area is 199 Å². The Hall–Kier alpha value is -3.67. The first-order chi connectivity index (χ1) is 16.5. The van der Waals surface area contributed by atoms with Crippen LogP contribution in [0.15, 0.2) is 59.6 Å². The predicted molar refractivity (Wildman–Crippen MR) is 122 cm³/mol. The normalized spacial score (nSPS) is 13.9. The van der Waals surface area contributed by atoms with Gasteiger partial charge in [-0.05, 0) is 48.6 Å². The number of carboxylic acids is 1. The number of benzene rings is 1. The molecule has 1 fully saturated rings. The molecule has 3 aromatic rings. The van der Waals surface area contributed by atoms with E-state index in [0.29, 0.717) is 5.56 Å². The Balaban J connectivity index is 1.66. The summed E-state index contributed by atoms with van der Waals surface area (Å²) < 4.78 is 69.3. The van der Waals surface area contributed by atoms with Crippen molar-refractivity contribution in [3.05, 3.63) is 65.7 Å². The molecule has 0 aliphatic heterocycles. The monoisotopic (exact) mass is 506 g/mol. The number of pyridine rings is 2. The van der Waals surface area contributed by atoms with E-state index < -0.39 is 32.8 Å². The van der Waals surface area contributed by atoms with E-state index in [1.54, 1.807) is 24.3 Å². The van der Waals surface area contributed by atoms with E-state index in [-0.39, 0.29) is 36.2 Å². The molecule has 1 aliphatic rings. The summed E-state index contributed by atoms with van der Waals surface area (Å²) in [6, 6.07) is 12.5. The number of carboxylic acid groups (broad SMARTS) is 1. The first kappa shape index (κ1) is 24.5. The Morgan fingerprint density at radius 2 is 1.74 bits per heavy atom. The van der Waals surface area contributed by atoms with Gasteiger partial charge in [0.2, 0.25) is 0 Å². The summed E-state index contributed by atoms with van der Waals surface area (Å²) in [5.41, 5.74) is -0.257. The number of aromatic nitrogens is 2. The SMILES string of the molecule is O=C(O)CCNc1cccc(S(=O)(=O)Nc2ccc(C(F)(F)F)c(-c3ccccc3C3CC3)n2)n1. The molecule has 0 spiro atoms. The van der Waals surface area contributed by atoms with Crippen molar-refractivity contribution < 1.29 is 31.5 Å². The van der Waals surface area contributed by atoms with Crippen molar-refractivity contribution in [2.45, 2.75) is 36.4 Å². The number of rotatable bonds is 9. The quantitative estimate of drug-likeness (QED) is 0.384. The van der Waals surface area contributed by atoms with Crippen LogP contribution in [0.5, 0.6) is 0 Å². The second kappa shape index (κ2) is 9.53. The molecule has 2 heterocycles. The highest BCUT2D eigenvalue weighted by atomic mass is 32.2. The van der Waals surface area contributed by atoms with Crippen molar-refractivity contribution in [2.75, 3.05) is 16.6 Å². The first-order valence-corrected chi connectivity index (χ1v) is 12.2. The van der Waals surface area contributed by atoms with E-state index in [9.17, 15) is 26.4 Å². The number of anilines is 2. The molecular weight excluding hydrogens is 485 g/mol. The highest BCUT2D eigenvalue weighted by Crippen LogP contribution is 2.46. The van der Waals surface area contributed by atoms with E-state index in [4.69, 9.17) is 5.11 Å². The fourth-order valence-electron chi connectivity index (χ4n) is 3.56. The molecule has 1 saturated carbocycles. The van der Waals surface area contributed by atoms with Gasteiger partial charge in [-0.2, -0.15) is 21.6 Å². The molecule has 0 unspecified atom stereocenters. The van der Waals surface area contributed by atoms with Crippen molar-refractivity contribution in [3.8, 4) is 11.3 Å². The lowest BCUT2D eigenvalue weighted by molar-refractivity contribution is -0.137. The Kier molecular flexibility index (Phi) is 6.66. The molecule has 0 bridgehead atoms. The summed E-state index contributed by atoms with van der Waals surface area (Å²) in [6.45, 7) is 0.0312. The number of alkyl halides is 3. The minimum Gasteiger partial charge on any atom is -0.481 e. The third kappa shape index (κ3) is 5.88. The lowest BCUT2D eigenvalue weighted by Crippen LogP contribution is -2.18. The molecule has 0 amide bonds. The molecule has 0 radical (unpaired) electrons. The number of hydrogen-bond donors (Lipinski definition) is 3. The number of nitrogens with zero attached hydrogens (tertiary/aromatic N) is 2. The van der Waals surface area contributed by atoms with Crippen molar-refractivity contribution in [2.24, 2.45) is 0 Å². The third-order valence-corrected chi connectivity index (χ3v) is 6.57. The molecule has 2 aromatic heterocycles. The molecule has 3 N–H and O–H groups in total. The van der Waals surface area contributed by atoms with Gasteiger partial charge in [0.1, 0.15) is 11.6 Å². The Morgan fingerprint density at radius 3 is 2.43 bits per heavy atom. The van der Waals surface area contributed by atoms with Crippen LogP contribution in [-0.2, 0) is 21.0 Å². The smallest absolute Gasteiger partial charge is 0.418 e. The zero-order valence-electron chi connectivity index (χ0n) is 18.2. The zero-order valence-corrected chi connectivity index (χ0v) is 19.0. The molecule has 1 aliphatic carbocycles. The van der Waals surface area contributed by atoms with Crippen LogP contribution in [-0.4, -0.2) is 36.0 Å². The van der Waals surface area contributed by atoms with E-state index in [1.165, 1.54) is 18.2 Å². The number of nitrogens with one attached hydrogen (secondary N) is 2. The number of carbonyl (C=O) groups is 1. The largest absolute Gasteiger partial charge is 0.481 e. The van der Waals surface area contributed by atoms with E-state index in [2.05, 4.69) is 20.0 Å². The van der Waals surface area contributed by atoms with Gasteiger partial charge in [0.25, 0.3) is 10.0 Å². The molecular formula is C23H21F3N4O4S. The van der Waals surface area contributed by atoms with Gasteiger partial charge in [-0.25, -0.2) is 9.97 Å². The Morgan fingerprint density at radius 1 is 1.00 bits per heavy atom. The van der Waals surface area contributed by atoms with Gasteiger partial charge in [0, 0.05) is 12.1 Å². The molecule has 12 heteroatoms. The molecule has 8 nitrogen and oxygen atoms in total. The Bertz CT molecular complexity index is 1360. The molecule has 0 saturated heterocycles. The average molecular weight is 507 g/mol. The maximum atomic E-state index is 13.8. The minimum absolute atomic E-state index is 0.0312. The van der Waals surface area contributed by atoms with Crippen LogP contribution < -0.4 is 10.0 Å². The number of aliphatic carboxylic acids is 1. The third-order valence-electron chi connectivity index (χ3n) is 5.32. The van der Waals surface area contributed by atoms with Crippen molar-refractivity contribution in [3.63, 3.8) is 0 Å². The highest BCUT2D eigenvalue weighted by molar-refractivity contribution is 7.92. The maximum absolute atomic E-state index is 13.8. The van der Waals surface area contributed by atoms with Gasteiger partial charge in [-0.3, -0.25) is 9.52 Å². The molecule has 35 heavy (non-hydrogen) atoms. The van der Waals surface area contributed by atoms with Crippen LogP contribution in [0.1, 0.15) is 36.3 Å². The van der Waals surface area contributed by atoms with Gasteiger partial charge in [0.15, 0.2) is 5.03 Å². The lowest BCUT2D eigenvalue weighted by Gasteiger charge is -2.17. The van der Waals surface area contributed by atoms with E-state index in [0.717, 1.165) is 30.5 Å². The summed E-state index contributed by atoms with van der Waals surface area (Å²) in [5, 5.41) is 11.0. The summed E-state index contributed by atoms with van der Waals surface area (Å²) in [4.78, 5) is 18.7. The molecule has 0 atom stereocenters. The zero-order chi connectivity index (χ0) is 25.2. The average Bonchev–Trinajstić information content (AvgIpc) is 3.63. The minimum atomic E-state index is -4.69. The van der Waals surface area contributed by atoms with E-state index in [1.807, 2.05) is 0 Å². The topological polar surface area (TPSA) is 121 Å². The lowest BCUT2D eigenvalue weighted by atomic mass is 9.97. The summed E-state index contributed by atoms with van der Waals surface area (Å²) in [7, 11) is -4.30. The van der Waals surface area contributed by atoms with Gasteiger partial charge < -0.3 is 10.4 Å². The van der Waals surface area contributed by atoms with Crippen LogP contribution in [0.2, 0.25) is 0 Å². The van der Waals surface area contributed by atoms with Crippen molar-refractivity contribution in [1.82, 2.24) is 9.97 Å². The summed E-state index contributed by atoms with van der Waals surface area (Å²) in [6.07, 6.45) is -3.15. The van der Waals surface area contributed by atoms with Gasteiger partial charge in [0.05, 0.1) is 17.7 Å².